The topological polar surface area (TPSA) is 65.1 Å². The molecule has 0 saturated carbocycles. The Kier molecular flexibility index (Phi) is 3.62. The van der Waals surface area contributed by atoms with Crippen LogP contribution in [0.3, 0.4) is 0 Å². The Morgan fingerprint density at radius 3 is 2.74 bits per heavy atom. The molecule has 3 N–H and O–H groups in total. The Hall–Kier alpha value is -1.81. The number of aryl methyl sites for hydroxylation is 1. The van der Waals surface area contributed by atoms with E-state index in [0.717, 1.165) is 22.2 Å². The first-order valence-corrected chi connectivity index (χ1v) is 6.41. The third-order valence-electron chi connectivity index (χ3n) is 3.24. The Bertz CT molecular complexity index is 599. The van der Waals surface area contributed by atoms with Crippen molar-refractivity contribution in [2.45, 2.75) is 32.7 Å². The van der Waals surface area contributed by atoms with Crippen LogP contribution < -0.4 is 5.32 Å². The smallest absolute Gasteiger partial charge is 0.225 e. The minimum Gasteiger partial charge on any atom is -0.394 e. The van der Waals surface area contributed by atoms with Crippen LogP contribution in [0.4, 0.5) is 0 Å². The van der Waals surface area contributed by atoms with Crippen molar-refractivity contribution in [1.82, 2.24) is 10.3 Å². The molecule has 1 aromatic carbocycles. The molecule has 0 aliphatic carbocycles. The lowest BCUT2D eigenvalue weighted by Gasteiger charge is -2.23. The molecule has 1 amide bonds. The maximum atomic E-state index is 12.0. The highest BCUT2D eigenvalue weighted by atomic mass is 16.3. The lowest BCUT2D eigenvalue weighted by atomic mass is 10.0. The Labute approximate surface area is 112 Å². The Morgan fingerprint density at radius 2 is 2.05 bits per heavy atom. The molecule has 102 valence electrons. The molecular weight excluding hydrogens is 240 g/mol. The maximum absolute atomic E-state index is 12.0. The number of benzene rings is 1. The standard InChI is InChI=1S/C15H20N2O2/c1-10-12(8-14(19)17-15(2,3)9-18)11-6-4-5-7-13(11)16-10/h4-7,16,18H,8-9H2,1-3H3,(H,17,19). The van der Waals surface area contributed by atoms with Gasteiger partial charge < -0.3 is 15.4 Å². The zero-order chi connectivity index (χ0) is 14.0. The van der Waals surface area contributed by atoms with Crippen molar-refractivity contribution in [3.63, 3.8) is 0 Å². The van der Waals surface area contributed by atoms with E-state index in [1.54, 1.807) is 13.8 Å². The SMILES string of the molecule is Cc1[nH]c2ccccc2c1CC(=O)NC(C)(C)CO. The van der Waals surface area contributed by atoms with Crippen LogP contribution in [0, 0.1) is 6.92 Å². The number of para-hydroxylation sites is 1. The molecule has 0 spiro atoms. The van der Waals surface area contributed by atoms with Crippen LogP contribution in [0.25, 0.3) is 10.9 Å². The van der Waals surface area contributed by atoms with Crippen molar-refractivity contribution >= 4 is 16.8 Å². The molecule has 0 fully saturated rings. The van der Waals surface area contributed by atoms with Gasteiger partial charge in [0.1, 0.15) is 0 Å². The third-order valence-corrected chi connectivity index (χ3v) is 3.24. The number of amides is 1. The normalized spacial score (nSPS) is 11.8. The molecule has 1 aromatic heterocycles. The number of fused-ring (bicyclic) bond motifs is 1. The number of aliphatic hydroxyl groups excluding tert-OH is 1. The predicted molar refractivity (Wildman–Crippen MR) is 76.0 cm³/mol. The van der Waals surface area contributed by atoms with Crippen molar-refractivity contribution < 1.29 is 9.90 Å². The number of carbonyl (C=O) groups excluding carboxylic acids is 1. The van der Waals surface area contributed by atoms with Gasteiger partial charge in [-0.3, -0.25) is 4.79 Å². The second-order valence-electron chi connectivity index (χ2n) is 5.54. The molecular formula is C15H20N2O2. The molecule has 0 saturated heterocycles. The van der Waals surface area contributed by atoms with E-state index in [-0.39, 0.29) is 12.5 Å². The number of nitrogens with one attached hydrogen (secondary N) is 2. The lowest BCUT2D eigenvalue weighted by molar-refractivity contribution is -0.122. The summed E-state index contributed by atoms with van der Waals surface area (Å²) in [5.74, 6) is -0.0769. The number of hydrogen-bond acceptors (Lipinski definition) is 2. The largest absolute Gasteiger partial charge is 0.394 e. The zero-order valence-corrected chi connectivity index (χ0v) is 11.6. The number of aromatic nitrogens is 1. The average molecular weight is 260 g/mol. The van der Waals surface area contributed by atoms with Gasteiger partial charge in [0.05, 0.1) is 18.6 Å². The van der Waals surface area contributed by atoms with Crippen LogP contribution in [0.2, 0.25) is 0 Å². The highest BCUT2D eigenvalue weighted by molar-refractivity contribution is 5.90. The first kappa shape index (κ1) is 13.6. The lowest BCUT2D eigenvalue weighted by Crippen LogP contribution is -2.46. The van der Waals surface area contributed by atoms with Crippen LogP contribution in [0.1, 0.15) is 25.1 Å². The molecule has 0 aliphatic rings. The van der Waals surface area contributed by atoms with E-state index in [1.165, 1.54) is 0 Å². The highest BCUT2D eigenvalue weighted by Gasteiger charge is 2.20. The second kappa shape index (κ2) is 5.05. The minimum atomic E-state index is -0.586. The van der Waals surface area contributed by atoms with Crippen LogP contribution in [-0.4, -0.2) is 28.1 Å². The molecule has 0 unspecified atom stereocenters. The van der Waals surface area contributed by atoms with E-state index in [1.807, 2.05) is 31.2 Å². The van der Waals surface area contributed by atoms with Crippen LogP contribution in [0.15, 0.2) is 24.3 Å². The summed E-state index contributed by atoms with van der Waals surface area (Å²) >= 11 is 0. The summed E-state index contributed by atoms with van der Waals surface area (Å²) in [6.07, 6.45) is 0.319. The Balaban J connectivity index is 2.22. The summed E-state index contributed by atoms with van der Waals surface area (Å²) < 4.78 is 0. The number of rotatable bonds is 4. The summed E-state index contributed by atoms with van der Waals surface area (Å²) in [7, 11) is 0. The van der Waals surface area contributed by atoms with Gasteiger partial charge in [0.25, 0.3) is 0 Å². The van der Waals surface area contributed by atoms with Crippen LogP contribution in [0.5, 0.6) is 0 Å². The van der Waals surface area contributed by atoms with Gasteiger partial charge in [0, 0.05) is 16.6 Å². The van der Waals surface area contributed by atoms with Gasteiger partial charge in [-0.2, -0.15) is 0 Å². The van der Waals surface area contributed by atoms with Gasteiger partial charge in [-0.05, 0) is 32.4 Å². The van der Waals surface area contributed by atoms with Crippen molar-refractivity contribution in [1.29, 1.82) is 0 Å². The first-order valence-electron chi connectivity index (χ1n) is 6.41. The Morgan fingerprint density at radius 1 is 1.37 bits per heavy atom. The summed E-state index contributed by atoms with van der Waals surface area (Å²) in [5.41, 5.74) is 2.49. The zero-order valence-electron chi connectivity index (χ0n) is 11.6. The number of H-pyrrole nitrogens is 1. The molecule has 4 nitrogen and oxygen atoms in total. The summed E-state index contributed by atoms with van der Waals surface area (Å²) in [4.78, 5) is 15.3. The number of aromatic amines is 1. The molecule has 0 bridgehead atoms. The van der Waals surface area contributed by atoms with Crippen molar-refractivity contribution in [2.24, 2.45) is 0 Å². The molecule has 2 rings (SSSR count). The quantitative estimate of drug-likeness (QED) is 0.786. The fourth-order valence-electron chi connectivity index (χ4n) is 2.18. The van der Waals surface area contributed by atoms with Crippen LogP contribution in [-0.2, 0) is 11.2 Å². The van der Waals surface area contributed by atoms with Crippen molar-refractivity contribution in [2.75, 3.05) is 6.61 Å². The summed E-state index contributed by atoms with van der Waals surface area (Å²) in [6, 6.07) is 7.95. The molecule has 0 radical (unpaired) electrons. The minimum absolute atomic E-state index is 0.0769. The maximum Gasteiger partial charge on any atom is 0.225 e. The third kappa shape index (κ3) is 2.96. The van der Waals surface area contributed by atoms with Gasteiger partial charge in [-0.1, -0.05) is 18.2 Å². The van der Waals surface area contributed by atoms with Crippen LogP contribution >= 0.6 is 0 Å². The van der Waals surface area contributed by atoms with E-state index in [4.69, 9.17) is 0 Å². The van der Waals surface area contributed by atoms with E-state index >= 15 is 0 Å². The molecule has 2 aromatic rings. The monoisotopic (exact) mass is 260 g/mol. The summed E-state index contributed by atoms with van der Waals surface area (Å²) in [6.45, 7) is 5.49. The summed E-state index contributed by atoms with van der Waals surface area (Å²) in [5, 5.41) is 13.1. The number of carbonyl (C=O) groups is 1. The second-order valence-corrected chi connectivity index (χ2v) is 5.54. The molecule has 4 heteroatoms. The predicted octanol–water partition coefficient (Wildman–Crippen LogP) is 1.91. The number of hydrogen-bond donors (Lipinski definition) is 3. The molecule has 0 atom stereocenters. The van der Waals surface area contributed by atoms with E-state index in [0.29, 0.717) is 6.42 Å². The highest BCUT2D eigenvalue weighted by Crippen LogP contribution is 2.22. The molecule has 1 heterocycles. The average Bonchev–Trinajstić information content (AvgIpc) is 2.66. The molecule has 19 heavy (non-hydrogen) atoms. The first-order chi connectivity index (χ1) is 8.93. The molecule has 0 aliphatic heterocycles. The van der Waals surface area contributed by atoms with Gasteiger partial charge in [0.15, 0.2) is 0 Å². The van der Waals surface area contributed by atoms with Gasteiger partial charge >= 0.3 is 0 Å². The van der Waals surface area contributed by atoms with Gasteiger partial charge in [-0.25, -0.2) is 0 Å². The van der Waals surface area contributed by atoms with E-state index in [9.17, 15) is 9.90 Å². The van der Waals surface area contributed by atoms with Gasteiger partial charge in [0.2, 0.25) is 5.91 Å². The van der Waals surface area contributed by atoms with Crippen molar-refractivity contribution in [3.8, 4) is 0 Å². The number of aliphatic hydroxyl groups is 1. The van der Waals surface area contributed by atoms with Crippen molar-refractivity contribution in [3.05, 3.63) is 35.5 Å². The van der Waals surface area contributed by atoms with E-state index < -0.39 is 5.54 Å². The van der Waals surface area contributed by atoms with E-state index in [2.05, 4.69) is 10.3 Å². The van der Waals surface area contributed by atoms with Gasteiger partial charge in [-0.15, -0.1) is 0 Å². The fraction of sp³-hybridized carbons (Fsp3) is 0.400. The fourth-order valence-corrected chi connectivity index (χ4v) is 2.18.